The predicted molar refractivity (Wildman–Crippen MR) is 120 cm³/mol. The van der Waals surface area contributed by atoms with E-state index < -0.39 is 5.91 Å². The molecule has 0 saturated carbocycles. The van der Waals surface area contributed by atoms with Crippen LogP contribution in [-0.4, -0.2) is 41.8 Å². The van der Waals surface area contributed by atoms with Crippen LogP contribution in [0.4, 0.5) is 5.82 Å². The molecule has 0 atom stereocenters. The number of methoxy groups -OCH3 is 3. The average molecular weight is 433 g/mol. The molecule has 0 fully saturated rings. The van der Waals surface area contributed by atoms with Crippen molar-refractivity contribution in [1.29, 1.82) is 0 Å². The minimum absolute atomic E-state index is 0.425. The van der Waals surface area contributed by atoms with Gasteiger partial charge in [-0.2, -0.15) is 0 Å². The van der Waals surface area contributed by atoms with Crippen molar-refractivity contribution in [2.75, 3.05) is 26.6 Å². The number of nitrogens with zero attached hydrogens (tertiary/aromatic N) is 3. The lowest BCUT2D eigenvalue weighted by Gasteiger charge is -2.14. The maximum Gasteiger partial charge on any atom is 0.248 e. The summed E-state index contributed by atoms with van der Waals surface area (Å²) in [6, 6.07) is 14.5. The molecule has 2 aromatic heterocycles. The van der Waals surface area contributed by atoms with Crippen molar-refractivity contribution < 1.29 is 19.0 Å². The number of imidazole rings is 1. The van der Waals surface area contributed by atoms with Crippen molar-refractivity contribution in [2.24, 2.45) is 5.73 Å². The average Bonchev–Trinajstić information content (AvgIpc) is 3.25. The fraction of sp³-hybridized carbons (Fsp3) is 0.174. The summed E-state index contributed by atoms with van der Waals surface area (Å²) in [5.41, 5.74) is 9.00. The predicted octanol–water partition coefficient (Wildman–Crippen LogP) is 3.13. The van der Waals surface area contributed by atoms with Crippen molar-refractivity contribution in [3.63, 3.8) is 0 Å². The van der Waals surface area contributed by atoms with Gasteiger partial charge in [0.05, 0.1) is 33.2 Å². The number of nitrogens with one attached hydrogen (secondary N) is 1. The van der Waals surface area contributed by atoms with Gasteiger partial charge in [-0.1, -0.05) is 12.1 Å². The molecule has 4 rings (SSSR count). The summed E-state index contributed by atoms with van der Waals surface area (Å²) < 4.78 is 17.9. The second kappa shape index (κ2) is 8.84. The third-order valence-electron chi connectivity index (χ3n) is 5.00. The minimum atomic E-state index is -0.485. The van der Waals surface area contributed by atoms with Crippen molar-refractivity contribution in [2.45, 2.75) is 6.54 Å². The Hall–Kier alpha value is -4.27. The molecule has 0 bridgehead atoms. The summed E-state index contributed by atoms with van der Waals surface area (Å²) in [6.45, 7) is 0.483. The molecule has 2 aromatic carbocycles. The molecule has 4 aromatic rings. The van der Waals surface area contributed by atoms with E-state index in [1.165, 1.54) is 0 Å². The van der Waals surface area contributed by atoms with Gasteiger partial charge in [-0.3, -0.25) is 4.79 Å². The van der Waals surface area contributed by atoms with Crippen LogP contribution in [0.25, 0.3) is 16.9 Å². The number of benzene rings is 2. The van der Waals surface area contributed by atoms with Gasteiger partial charge < -0.3 is 25.3 Å². The summed E-state index contributed by atoms with van der Waals surface area (Å²) in [5, 5.41) is 7.97. The first-order chi connectivity index (χ1) is 15.5. The normalized spacial score (nSPS) is 10.7. The van der Waals surface area contributed by atoms with Gasteiger partial charge in [0.25, 0.3) is 0 Å². The Labute approximate surface area is 184 Å². The highest BCUT2D eigenvalue weighted by Gasteiger charge is 2.14. The maximum absolute atomic E-state index is 11.5. The van der Waals surface area contributed by atoms with Crippen molar-refractivity contribution >= 4 is 17.4 Å². The number of fused-ring (bicyclic) bond motifs is 1. The van der Waals surface area contributed by atoms with Crippen LogP contribution in [0, 0.1) is 0 Å². The van der Waals surface area contributed by atoms with Crippen molar-refractivity contribution in [3.8, 4) is 28.5 Å². The van der Waals surface area contributed by atoms with Gasteiger partial charge in [0.1, 0.15) is 5.82 Å². The Kier molecular flexibility index (Phi) is 5.80. The Morgan fingerprint density at radius 2 is 1.78 bits per heavy atom. The number of carbonyl (C=O) groups is 1. The first kappa shape index (κ1) is 21.0. The van der Waals surface area contributed by atoms with Crippen LogP contribution >= 0.6 is 0 Å². The van der Waals surface area contributed by atoms with E-state index in [4.69, 9.17) is 19.9 Å². The monoisotopic (exact) mass is 433 g/mol. The molecular formula is C23H23N5O4. The number of ether oxygens (including phenoxy) is 3. The van der Waals surface area contributed by atoms with Gasteiger partial charge in [-0.15, -0.1) is 5.10 Å². The summed E-state index contributed by atoms with van der Waals surface area (Å²) >= 11 is 0. The molecule has 1 amide bonds. The lowest BCUT2D eigenvalue weighted by molar-refractivity contribution is 0.100. The molecule has 0 radical (unpaired) electrons. The smallest absolute Gasteiger partial charge is 0.248 e. The largest absolute Gasteiger partial charge is 0.493 e. The number of hydrogen-bond donors (Lipinski definition) is 2. The Morgan fingerprint density at radius 1 is 1.03 bits per heavy atom. The van der Waals surface area contributed by atoms with E-state index in [0.717, 1.165) is 16.8 Å². The van der Waals surface area contributed by atoms with Gasteiger partial charge in [-0.05, 0) is 42.0 Å². The quantitative estimate of drug-likeness (QED) is 0.439. The van der Waals surface area contributed by atoms with E-state index in [9.17, 15) is 4.79 Å². The summed E-state index contributed by atoms with van der Waals surface area (Å²) in [6.07, 6.45) is 1.71. The minimum Gasteiger partial charge on any atom is -0.493 e. The molecule has 32 heavy (non-hydrogen) atoms. The van der Waals surface area contributed by atoms with Gasteiger partial charge in [0, 0.05) is 17.7 Å². The zero-order valence-corrected chi connectivity index (χ0v) is 18.0. The van der Waals surface area contributed by atoms with Crippen LogP contribution in [0.1, 0.15) is 15.9 Å². The molecule has 0 spiro atoms. The molecule has 9 nitrogen and oxygen atoms in total. The Bertz CT molecular complexity index is 1260. The highest BCUT2D eigenvalue weighted by atomic mass is 16.5. The molecule has 0 aliphatic heterocycles. The van der Waals surface area contributed by atoms with Gasteiger partial charge in [0.2, 0.25) is 11.7 Å². The number of aromatic nitrogens is 3. The first-order valence-corrected chi connectivity index (χ1v) is 9.82. The highest BCUT2D eigenvalue weighted by molar-refractivity contribution is 5.94. The molecule has 2 heterocycles. The topological polar surface area (TPSA) is 113 Å². The number of carbonyl (C=O) groups excluding carboxylic acids is 1. The van der Waals surface area contributed by atoms with Crippen LogP contribution in [0.3, 0.4) is 0 Å². The molecular weight excluding hydrogens is 410 g/mol. The molecule has 0 aliphatic carbocycles. The second-order valence-corrected chi connectivity index (χ2v) is 6.96. The van der Waals surface area contributed by atoms with E-state index >= 15 is 0 Å². The zero-order chi connectivity index (χ0) is 22.7. The SMILES string of the molecule is COc1cc(CNc2ccc3ncc(-c4cccc(C(N)=O)c4)n3n2)cc(OC)c1OC. The number of anilines is 1. The van der Waals surface area contributed by atoms with Gasteiger partial charge in [-0.25, -0.2) is 9.50 Å². The fourth-order valence-corrected chi connectivity index (χ4v) is 3.43. The molecule has 164 valence electrons. The van der Waals surface area contributed by atoms with Crippen LogP contribution in [0.15, 0.2) is 54.7 Å². The number of primary amides is 1. The van der Waals surface area contributed by atoms with Crippen molar-refractivity contribution in [3.05, 3.63) is 65.9 Å². The molecule has 0 unspecified atom stereocenters. The Balaban J connectivity index is 1.62. The third kappa shape index (κ3) is 4.00. The van der Waals surface area contributed by atoms with E-state index in [-0.39, 0.29) is 0 Å². The number of hydrogen-bond acceptors (Lipinski definition) is 7. The van der Waals surface area contributed by atoms with Gasteiger partial charge in [0.15, 0.2) is 17.1 Å². The third-order valence-corrected chi connectivity index (χ3v) is 5.00. The standard InChI is InChI=1S/C23H23N5O4/c1-30-18-9-14(10-19(31-2)22(18)32-3)12-25-20-7-8-21-26-13-17(28(21)27-20)15-5-4-6-16(11-15)23(24)29/h4-11,13H,12H2,1-3H3,(H2,24,29)(H,25,27). The molecule has 3 N–H and O–H groups in total. The van der Waals surface area contributed by atoms with Crippen LogP contribution in [0.5, 0.6) is 17.2 Å². The van der Waals surface area contributed by atoms with E-state index in [1.54, 1.807) is 50.2 Å². The first-order valence-electron chi connectivity index (χ1n) is 9.82. The zero-order valence-electron chi connectivity index (χ0n) is 18.0. The summed E-state index contributed by atoms with van der Waals surface area (Å²) in [4.78, 5) is 15.9. The summed E-state index contributed by atoms with van der Waals surface area (Å²) in [7, 11) is 4.73. The number of nitrogens with two attached hydrogens (primary N) is 1. The van der Waals surface area contributed by atoms with Crippen molar-refractivity contribution in [1.82, 2.24) is 14.6 Å². The van der Waals surface area contributed by atoms with Gasteiger partial charge >= 0.3 is 0 Å². The maximum atomic E-state index is 11.5. The second-order valence-electron chi connectivity index (χ2n) is 6.96. The lowest BCUT2D eigenvalue weighted by Crippen LogP contribution is -2.10. The molecule has 0 aliphatic rings. The van der Waals surface area contributed by atoms with Crippen LogP contribution < -0.4 is 25.3 Å². The van der Waals surface area contributed by atoms with E-state index in [2.05, 4.69) is 15.4 Å². The molecule has 0 saturated heterocycles. The fourth-order valence-electron chi connectivity index (χ4n) is 3.43. The highest BCUT2D eigenvalue weighted by Crippen LogP contribution is 2.38. The summed E-state index contributed by atoms with van der Waals surface area (Å²) in [5.74, 6) is 1.87. The van der Waals surface area contributed by atoms with E-state index in [1.807, 2.05) is 30.3 Å². The number of amides is 1. The van der Waals surface area contributed by atoms with E-state index in [0.29, 0.717) is 40.8 Å². The van der Waals surface area contributed by atoms with Crippen LogP contribution in [-0.2, 0) is 6.54 Å². The van der Waals surface area contributed by atoms with Crippen LogP contribution in [0.2, 0.25) is 0 Å². The lowest BCUT2D eigenvalue weighted by atomic mass is 10.1. The molecule has 9 heteroatoms. The Morgan fingerprint density at radius 3 is 2.44 bits per heavy atom. The number of rotatable bonds is 8.